The number of carbonyl (C=O) groups excluding carboxylic acids is 1. The Morgan fingerprint density at radius 1 is 1.05 bits per heavy atom. The highest BCUT2D eigenvalue weighted by Gasteiger charge is 2.26. The number of rotatable bonds is 2. The Morgan fingerprint density at radius 2 is 1.65 bits per heavy atom. The average Bonchev–Trinajstić information content (AvgIpc) is 2.43. The molecule has 1 saturated carbocycles. The number of halogens is 4. The molecule has 1 aliphatic carbocycles. The number of hydrogen-bond donors (Lipinski definition) is 2. The molecule has 1 aromatic rings. The molecule has 2 rings (SSSR count). The standard InChI is InChI=1S/C13H13F4NO2/c14-9-5-8(10(15)12(17)11(9)16)13(20)18-6-1-3-7(19)4-2-6/h5-7,19H,1-4H2,(H,18,20). The Balaban J connectivity index is 2.14. The summed E-state index contributed by atoms with van der Waals surface area (Å²) in [5.74, 6) is -8.28. The Morgan fingerprint density at radius 3 is 2.25 bits per heavy atom. The van der Waals surface area contributed by atoms with Crippen molar-refractivity contribution in [3.8, 4) is 0 Å². The maximum absolute atomic E-state index is 13.4. The lowest BCUT2D eigenvalue weighted by molar-refractivity contribution is 0.0862. The zero-order chi connectivity index (χ0) is 14.9. The maximum Gasteiger partial charge on any atom is 0.254 e. The highest BCUT2D eigenvalue weighted by atomic mass is 19.2. The zero-order valence-electron chi connectivity index (χ0n) is 10.4. The summed E-state index contributed by atoms with van der Waals surface area (Å²) in [5.41, 5.74) is -0.868. The van der Waals surface area contributed by atoms with Gasteiger partial charge in [-0.15, -0.1) is 0 Å². The summed E-state index contributed by atoms with van der Waals surface area (Å²) in [7, 11) is 0. The second kappa shape index (κ2) is 5.78. The molecule has 0 saturated heterocycles. The van der Waals surface area contributed by atoms with Gasteiger partial charge >= 0.3 is 0 Å². The van der Waals surface area contributed by atoms with Crippen LogP contribution in [-0.4, -0.2) is 23.2 Å². The Kier molecular flexibility index (Phi) is 4.27. The van der Waals surface area contributed by atoms with Crippen molar-refractivity contribution in [2.75, 3.05) is 0 Å². The summed E-state index contributed by atoms with van der Waals surface area (Å²) < 4.78 is 52.3. The fourth-order valence-electron chi connectivity index (χ4n) is 2.22. The summed E-state index contributed by atoms with van der Waals surface area (Å²) in [6.45, 7) is 0. The van der Waals surface area contributed by atoms with Crippen molar-refractivity contribution < 1.29 is 27.5 Å². The molecule has 2 N–H and O–H groups in total. The van der Waals surface area contributed by atoms with Gasteiger partial charge in [-0.3, -0.25) is 4.79 Å². The van der Waals surface area contributed by atoms with Crippen LogP contribution in [0.5, 0.6) is 0 Å². The quantitative estimate of drug-likeness (QED) is 0.499. The van der Waals surface area contributed by atoms with Crippen molar-refractivity contribution in [2.24, 2.45) is 0 Å². The first-order valence-electron chi connectivity index (χ1n) is 6.22. The number of aliphatic hydroxyl groups excluding tert-OH is 1. The van der Waals surface area contributed by atoms with E-state index in [-0.39, 0.29) is 6.04 Å². The minimum absolute atomic E-state index is 0.304. The van der Waals surface area contributed by atoms with Crippen LogP contribution in [0.15, 0.2) is 6.07 Å². The number of aliphatic hydroxyl groups is 1. The smallest absolute Gasteiger partial charge is 0.254 e. The van der Waals surface area contributed by atoms with E-state index in [1.54, 1.807) is 0 Å². The van der Waals surface area contributed by atoms with Gasteiger partial charge in [-0.25, -0.2) is 17.6 Å². The molecule has 0 heterocycles. The second-order valence-corrected chi connectivity index (χ2v) is 4.83. The predicted molar refractivity (Wildman–Crippen MR) is 62.0 cm³/mol. The third-order valence-corrected chi connectivity index (χ3v) is 3.38. The topological polar surface area (TPSA) is 49.3 Å². The van der Waals surface area contributed by atoms with Gasteiger partial charge in [0.25, 0.3) is 5.91 Å². The van der Waals surface area contributed by atoms with Gasteiger partial charge in [-0.1, -0.05) is 0 Å². The molecule has 0 aliphatic heterocycles. The van der Waals surface area contributed by atoms with Crippen molar-refractivity contribution >= 4 is 5.91 Å². The van der Waals surface area contributed by atoms with Gasteiger partial charge in [0, 0.05) is 6.04 Å². The summed E-state index contributed by atoms with van der Waals surface area (Å²) in [6.07, 6.45) is 1.51. The number of nitrogens with one attached hydrogen (secondary N) is 1. The Labute approximate surface area is 112 Å². The first kappa shape index (κ1) is 14.8. The lowest BCUT2D eigenvalue weighted by atomic mass is 9.93. The maximum atomic E-state index is 13.4. The second-order valence-electron chi connectivity index (χ2n) is 4.83. The van der Waals surface area contributed by atoms with Gasteiger partial charge in [0.1, 0.15) is 0 Å². The zero-order valence-corrected chi connectivity index (χ0v) is 10.4. The minimum Gasteiger partial charge on any atom is -0.393 e. The Hall–Kier alpha value is -1.63. The average molecular weight is 291 g/mol. The molecule has 20 heavy (non-hydrogen) atoms. The number of carbonyl (C=O) groups is 1. The summed E-state index contributed by atoms with van der Waals surface area (Å²) >= 11 is 0. The molecule has 1 fully saturated rings. The van der Waals surface area contributed by atoms with E-state index in [1.807, 2.05) is 0 Å². The molecule has 0 aromatic heterocycles. The highest BCUT2D eigenvalue weighted by Crippen LogP contribution is 2.21. The van der Waals surface area contributed by atoms with E-state index in [9.17, 15) is 27.5 Å². The van der Waals surface area contributed by atoms with Crippen molar-refractivity contribution in [3.05, 3.63) is 34.9 Å². The predicted octanol–water partition coefficient (Wildman–Crippen LogP) is 2.28. The van der Waals surface area contributed by atoms with Gasteiger partial charge in [-0.05, 0) is 31.7 Å². The molecular formula is C13H13F4NO2. The molecule has 0 spiro atoms. The van der Waals surface area contributed by atoms with Gasteiger partial charge in [0.2, 0.25) is 0 Å². The van der Waals surface area contributed by atoms with Crippen LogP contribution in [0.1, 0.15) is 36.0 Å². The van der Waals surface area contributed by atoms with Crippen LogP contribution in [0.2, 0.25) is 0 Å². The van der Waals surface area contributed by atoms with E-state index in [4.69, 9.17) is 0 Å². The van der Waals surface area contributed by atoms with Gasteiger partial charge in [0.15, 0.2) is 23.3 Å². The largest absolute Gasteiger partial charge is 0.393 e. The molecule has 0 atom stereocenters. The van der Waals surface area contributed by atoms with Crippen LogP contribution in [0.3, 0.4) is 0 Å². The van der Waals surface area contributed by atoms with Gasteiger partial charge < -0.3 is 10.4 Å². The highest BCUT2D eigenvalue weighted by molar-refractivity contribution is 5.94. The SMILES string of the molecule is O=C(NC1CCC(O)CC1)c1cc(F)c(F)c(F)c1F. The lowest BCUT2D eigenvalue weighted by Crippen LogP contribution is -2.39. The van der Waals surface area contributed by atoms with Crippen LogP contribution >= 0.6 is 0 Å². The molecule has 3 nitrogen and oxygen atoms in total. The van der Waals surface area contributed by atoms with Crippen LogP contribution < -0.4 is 5.32 Å². The number of benzene rings is 1. The summed E-state index contributed by atoms with van der Waals surface area (Å²) in [6, 6.07) is 0.0299. The molecule has 7 heteroatoms. The molecular weight excluding hydrogens is 278 g/mol. The monoisotopic (exact) mass is 291 g/mol. The molecule has 0 bridgehead atoms. The molecule has 1 amide bonds. The van der Waals surface area contributed by atoms with Crippen molar-refractivity contribution in [2.45, 2.75) is 37.8 Å². The fourth-order valence-corrected chi connectivity index (χ4v) is 2.22. The van der Waals surface area contributed by atoms with Crippen LogP contribution in [0.4, 0.5) is 17.6 Å². The fraction of sp³-hybridized carbons (Fsp3) is 0.462. The molecule has 0 unspecified atom stereocenters. The van der Waals surface area contributed by atoms with Crippen molar-refractivity contribution in [1.82, 2.24) is 5.32 Å². The van der Waals surface area contributed by atoms with Crippen LogP contribution in [-0.2, 0) is 0 Å². The summed E-state index contributed by atoms with van der Waals surface area (Å²) in [4.78, 5) is 11.8. The first-order chi connectivity index (χ1) is 9.40. The minimum atomic E-state index is -2.01. The van der Waals surface area contributed by atoms with Gasteiger partial charge in [0.05, 0.1) is 11.7 Å². The van der Waals surface area contributed by atoms with E-state index in [0.717, 1.165) is 0 Å². The molecule has 1 aliphatic rings. The van der Waals surface area contributed by atoms with Crippen LogP contribution in [0, 0.1) is 23.3 Å². The molecule has 0 radical (unpaired) electrons. The van der Waals surface area contributed by atoms with Gasteiger partial charge in [-0.2, -0.15) is 0 Å². The molecule has 1 aromatic carbocycles. The number of hydrogen-bond acceptors (Lipinski definition) is 2. The van der Waals surface area contributed by atoms with Crippen molar-refractivity contribution in [1.29, 1.82) is 0 Å². The van der Waals surface area contributed by atoms with Crippen LogP contribution in [0.25, 0.3) is 0 Å². The van der Waals surface area contributed by atoms with E-state index in [0.29, 0.717) is 31.7 Å². The lowest BCUT2D eigenvalue weighted by Gasteiger charge is -2.26. The number of amides is 1. The normalized spacial score (nSPS) is 22.6. The third kappa shape index (κ3) is 2.92. The Bertz CT molecular complexity index is 528. The third-order valence-electron chi connectivity index (χ3n) is 3.38. The summed E-state index contributed by atoms with van der Waals surface area (Å²) in [5, 5.41) is 11.7. The van der Waals surface area contributed by atoms with Crippen molar-refractivity contribution in [3.63, 3.8) is 0 Å². The van der Waals surface area contributed by atoms with E-state index in [2.05, 4.69) is 5.32 Å². The molecule has 110 valence electrons. The first-order valence-corrected chi connectivity index (χ1v) is 6.22. The van der Waals surface area contributed by atoms with E-state index in [1.165, 1.54) is 0 Å². The van der Waals surface area contributed by atoms with E-state index >= 15 is 0 Å². The van der Waals surface area contributed by atoms with E-state index < -0.39 is 40.8 Å².